The summed E-state index contributed by atoms with van der Waals surface area (Å²) in [5.74, 6) is 1.11. The van der Waals surface area contributed by atoms with Gasteiger partial charge in [-0.15, -0.1) is 0 Å². The second-order valence-electron chi connectivity index (χ2n) is 4.79. The summed E-state index contributed by atoms with van der Waals surface area (Å²) in [6.07, 6.45) is 2.99. The molecule has 4 heteroatoms. The highest BCUT2D eigenvalue weighted by molar-refractivity contribution is 6.00. The third-order valence-electron chi connectivity index (χ3n) is 2.75. The first-order chi connectivity index (χ1) is 8.04. The largest absolute Gasteiger partial charge is 0.383 e. The van der Waals surface area contributed by atoms with Gasteiger partial charge in [-0.1, -0.05) is 13.8 Å². The topological polar surface area (TPSA) is 82.0 Å². The molecule has 1 atom stereocenters. The van der Waals surface area contributed by atoms with E-state index in [1.807, 2.05) is 0 Å². The average molecular weight is 235 g/mol. The second-order valence-corrected chi connectivity index (χ2v) is 4.79. The molecule has 0 radical (unpaired) electrons. The minimum atomic E-state index is 0.0340. The number of carbonyl (C=O) groups is 1. The summed E-state index contributed by atoms with van der Waals surface area (Å²) in [6, 6.07) is 3.44. The Hall–Kier alpha value is -1.42. The maximum absolute atomic E-state index is 12.0. The zero-order valence-corrected chi connectivity index (χ0v) is 10.5. The summed E-state index contributed by atoms with van der Waals surface area (Å²) < 4.78 is 0. The predicted molar refractivity (Wildman–Crippen MR) is 69.6 cm³/mol. The van der Waals surface area contributed by atoms with E-state index in [1.165, 1.54) is 0 Å². The Morgan fingerprint density at radius 3 is 2.71 bits per heavy atom. The fraction of sp³-hybridized carbons (Fsp3) is 0.538. The van der Waals surface area contributed by atoms with Crippen molar-refractivity contribution in [3.63, 3.8) is 0 Å². The van der Waals surface area contributed by atoms with E-state index in [2.05, 4.69) is 18.8 Å². The molecule has 0 aliphatic heterocycles. The van der Waals surface area contributed by atoms with Crippen molar-refractivity contribution < 1.29 is 4.79 Å². The zero-order chi connectivity index (χ0) is 12.8. The lowest BCUT2D eigenvalue weighted by Gasteiger charge is -2.16. The minimum Gasteiger partial charge on any atom is -0.383 e. The van der Waals surface area contributed by atoms with Crippen molar-refractivity contribution in [1.82, 2.24) is 4.98 Å². The molecule has 0 saturated carbocycles. The van der Waals surface area contributed by atoms with Crippen LogP contribution in [0.25, 0.3) is 0 Å². The van der Waals surface area contributed by atoms with Gasteiger partial charge in [-0.05, 0) is 36.9 Å². The first-order valence-corrected chi connectivity index (χ1v) is 5.98. The molecule has 0 amide bonds. The van der Waals surface area contributed by atoms with Gasteiger partial charge in [-0.25, -0.2) is 4.98 Å². The first kappa shape index (κ1) is 13.6. The number of hydrogen-bond acceptors (Lipinski definition) is 4. The van der Waals surface area contributed by atoms with Crippen LogP contribution in [0.3, 0.4) is 0 Å². The van der Waals surface area contributed by atoms with Gasteiger partial charge < -0.3 is 11.5 Å². The number of aromatic nitrogens is 1. The normalized spacial score (nSPS) is 12.7. The lowest BCUT2D eigenvalue weighted by atomic mass is 9.91. The molecule has 94 valence electrons. The van der Waals surface area contributed by atoms with E-state index >= 15 is 0 Å². The monoisotopic (exact) mass is 235 g/mol. The highest BCUT2D eigenvalue weighted by Gasteiger charge is 2.17. The molecule has 1 aromatic rings. The van der Waals surface area contributed by atoms with Crippen molar-refractivity contribution >= 4 is 11.6 Å². The van der Waals surface area contributed by atoms with Gasteiger partial charge in [0.2, 0.25) is 0 Å². The summed E-state index contributed by atoms with van der Waals surface area (Å²) in [5.41, 5.74) is 11.9. The molecule has 1 aromatic heterocycles. The number of nitrogens with two attached hydrogens (primary N) is 2. The number of ketones is 1. The van der Waals surface area contributed by atoms with Gasteiger partial charge in [0.25, 0.3) is 0 Å². The van der Waals surface area contributed by atoms with Crippen LogP contribution in [0.15, 0.2) is 18.3 Å². The van der Waals surface area contributed by atoms with E-state index in [1.54, 1.807) is 18.3 Å². The van der Waals surface area contributed by atoms with E-state index in [4.69, 9.17) is 11.5 Å². The Balaban J connectivity index is 2.68. The van der Waals surface area contributed by atoms with Crippen molar-refractivity contribution in [1.29, 1.82) is 0 Å². The van der Waals surface area contributed by atoms with E-state index < -0.39 is 0 Å². The Morgan fingerprint density at radius 1 is 1.47 bits per heavy atom. The highest BCUT2D eigenvalue weighted by atomic mass is 16.1. The van der Waals surface area contributed by atoms with Crippen molar-refractivity contribution in [2.75, 3.05) is 12.3 Å². The summed E-state index contributed by atoms with van der Waals surface area (Å²) in [5, 5.41) is 0. The van der Waals surface area contributed by atoms with Gasteiger partial charge in [0.1, 0.15) is 5.82 Å². The summed E-state index contributed by atoms with van der Waals surface area (Å²) in [4.78, 5) is 16.0. The Labute approximate surface area is 102 Å². The molecule has 0 bridgehead atoms. The molecule has 17 heavy (non-hydrogen) atoms. The van der Waals surface area contributed by atoms with Crippen LogP contribution >= 0.6 is 0 Å². The van der Waals surface area contributed by atoms with Crippen molar-refractivity contribution in [2.24, 2.45) is 17.6 Å². The summed E-state index contributed by atoms with van der Waals surface area (Å²) >= 11 is 0. The van der Waals surface area contributed by atoms with Gasteiger partial charge in [-0.2, -0.15) is 0 Å². The first-order valence-electron chi connectivity index (χ1n) is 5.98. The second kappa shape index (κ2) is 6.35. The molecule has 0 saturated heterocycles. The highest BCUT2D eigenvalue weighted by Crippen LogP contribution is 2.18. The van der Waals surface area contributed by atoms with Crippen LogP contribution in [-0.4, -0.2) is 17.3 Å². The molecule has 4 nitrogen and oxygen atoms in total. The molecule has 0 aromatic carbocycles. The molecule has 0 aliphatic carbocycles. The summed E-state index contributed by atoms with van der Waals surface area (Å²) in [6.45, 7) is 4.79. The van der Waals surface area contributed by atoms with Crippen LogP contribution in [0.4, 0.5) is 5.82 Å². The minimum absolute atomic E-state index is 0.0340. The Bertz CT molecular complexity index is 377. The number of carbonyl (C=O) groups excluding carboxylic acids is 1. The van der Waals surface area contributed by atoms with E-state index in [9.17, 15) is 4.79 Å². The fourth-order valence-electron chi connectivity index (χ4n) is 1.96. The maximum atomic E-state index is 12.0. The van der Waals surface area contributed by atoms with Gasteiger partial charge in [0.15, 0.2) is 5.78 Å². The fourth-order valence-corrected chi connectivity index (χ4v) is 1.96. The predicted octanol–water partition coefficient (Wildman–Crippen LogP) is 1.86. The van der Waals surface area contributed by atoms with Crippen LogP contribution in [-0.2, 0) is 0 Å². The molecular formula is C13H21N3O. The smallest absolute Gasteiger partial charge is 0.166 e. The van der Waals surface area contributed by atoms with Crippen molar-refractivity contribution in [2.45, 2.75) is 26.7 Å². The zero-order valence-electron chi connectivity index (χ0n) is 10.5. The Kier molecular flexibility index (Phi) is 5.10. The SMILES string of the molecule is CC(C)CC(CN)CC(=O)c1cccnc1N. The number of hydrogen-bond donors (Lipinski definition) is 2. The molecule has 0 aliphatic rings. The van der Waals surface area contributed by atoms with Crippen LogP contribution < -0.4 is 11.5 Å². The standard InChI is InChI=1S/C13H21N3O/c1-9(2)6-10(8-14)7-12(17)11-4-3-5-16-13(11)15/h3-5,9-10H,6-8,14H2,1-2H3,(H2,15,16). The maximum Gasteiger partial charge on any atom is 0.166 e. The number of rotatable bonds is 6. The molecule has 4 N–H and O–H groups in total. The van der Waals surface area contributed by atoms with Crippen LogP contribution in [0.1, 0.15) is 37.0 Å². The number of Topliss-reactive ketones (excluding diaryl/α,β-unsaturated/α-hetero) is 1. The molecule has 1 rings (SSSR count). The van der Waals surface area contributed by atoms with Gasteiger partial charge >= 0.3 is 0 Å². The number of pyridine rings is 1. The molecule has 1 unspecified atom stereocenters. The van der Waals surface area contributed by atoms with Gasteiger partial charge in [-0.3, -0.25) is 4.79 Å². The quantitative estimate of drug-likeness (QED) is 0.737. The molecule has 1 heterocycles. The van der Waals surface area contributed by atoms with Crippen LogP contribution in [0.2, 0.25) is 0 Å². The number of anilines is 1. The summed E-state index contributed by atoms with van der Waals surface area (Å²) in [7, 11) is 0. The van der Waals surface area contributed by atoms with E-state index in [0.29, 0.717) is 30.3 Å². The van der Waals surface area contributed by atoms with Crippen molar-refractivity contribution in [3.05, 3.63) is 23.9 Å². The third-order valence-corrected chi connectivity index (χ3v) is 2.75. The third kappa shape index (κ3) is 4.15. The lowest BCUT2D eigenvalue weighted by molar-refractivity contribution is 0.0958. The van der Waals surface area contributed by atoms with Crippen LogP contribution in [0.5, 0.6) is 0 Å². The molecular weight excluding hydrogens is 214 g/mol. The number of nitrogens with zero attached hydrogens (tertiary/aromatic N) is 1. The molecule has 0 spiro atoms. The average Bonchev–Trinajstić information content (AvgIpc) is 2.27. The van der Waals surface area contributed by atoms with E-state index in [-0.39, 0.29) is 11.7 Å². The number of nitrogen functional groups attached to an aromatic ring is 1. The van der Waals surface area contributed by atoms with Crippen molar-refractivity contribution in [3.8, 4) is 0 Å². The van der Waals surface area contributed by atoms with E-state index in [0.717, 1.165) is 6.42 Å². The van der Waals surface area contributed by atoms with Gasteiger partial charge in [0, 0.05) is 12.6 Å². The van der Waals surface area contributed by atoms with Crippen LogP contribution in [0, 0.1) is 11.8 Å². The lowest BCUT2D eigenvalue weighted by Crippen LogP contribution is -2.20. The Morgan fingerprint density at radius 2 is 2.18 bits per heavy atom. The van der Waals surface area contributed by atoms with Gasteiger partial charge in [0.05, 0.1) is 5.56 Å². The molecule has 0 fully saturated rings.